The summed E-state index contributed by atoms with van der Waals surface area (Å²) in [6, 6.07) is 4.46. The van der Waals surface area contributed by atoms with Gasteiger partial charge in [-0.3, -0.25) is 4.79 Å². The molecule has 0 saturated carbocycles. The van der Waals surface area contributed by atoms with Crippen LogP contribution in [0.15, 0.2) is 18.2 Å². The molecule has 0 aliphatic carbocycles. The molecule has 1 amide bonds. The van der Waals surface area contributed by atoms with Crippen LogP contribution in [0, 0.1) is 18.7 Å². The van der Waals surface area contributed by atoms with Gasteiger partial charge in [0.15, 0.2) is 0 Å². The number of hydrogen-bond donors (Lipinski definition) is 1. The van der Waals surface area contributed by atoms with Crippen LogP contribution in [0.2, 0.25) is 0 Å². The molecule has 1 aromatic carbocycles. The largest absolute Gasteiger partial charge is 0.326 e. The Morgan fingerprint density at radius 3 is 2.72 bits per heavy atom. The minimum absolute atomic E-state index is 0.000324. The van der Waals surface area contributed by atoms with E-state index in [2.05, 4.69) is 12.2 Å². The fraction of sp³-hybridized carbons (Fsp3) is 0.533. The monoisotopic (exact) mass is 251 g/mol. The molecule has 18 heavy (non-hydrogen) atoms. The number of hydrogen-bond acceptors (Lipinski definition) is 1. The van der Waals surface area contributed by atoms with Crippen LogP contribution in [0.3, 0.4) is 0 Å². The van der Waals surface area contributed by atoms with Gasteiger partial charge in [-0.2, -0.15) is 0 Å². The summed E-state index contributed by atoms with van der Waals surface area (Å²) in [5.74, 6) is -0.301. The number of carbonyl (C=O) groups excluding carboxylic acids is 1. The number of amides is 1. The van der Waals surface area contributed by atoms with Gasteiger partial charge in [-0.25, -0.2) is 4.39 Å². The maximum atomic E-state index is 13.1. The van der Waals surface area contributed by atoms with E-state index in [1.165, 1.54) is 12.1 Å². The van der Waals surface area contributed by atoms with Crippen molar-refractivity contribution in [2.24, 2.45) is 5.92 Å². The molecule has 1 unspecified atom stereocenters. The molecular weight excluding hydrogens is 229 g/mol. The fourth-order valence-electron chi connectivity index (χ4n) is 1.93. The highest BCUT2D eigenvalue weighted by Crippen LogP contribution is 2.19. The SMILES string of the molecule is CCCCC(CC)C(=O)Nc1cc(F)ccc1C. The van der Waals surface area contributed by atoms with Crippen LogP contribution in [0.25, 0.3) is 0 Å². The Hall–Kier alpha value is -1.38. The molecule has 0 radical (unpaired) electrons. The predicted molar refractivity (Wildman–Crippen MR) is 73.1 cm³/mol. The van der Waals surface area contributed by atoms with Crippen LogP contribution in [-0.4, -0.2) is 5.91 Å². The highest BCUT2D eigenvalue weighted by molar-refractivity contribution is 5.93. The van der Waals surface area contributed by atoms with E-state index in [4.69, 9.17) is 0 Å². The summed E-state index contributed by atoms with van der Waals surface area (Å²) >= 11 is 0. The summed E-state index contributed by atoms with van der Waals surface area (Å²) in [6.07, 6.45) is 3.85. The van der Waals surface area contributed by atoms with Crippen molar-refractivity contribution in [1.82, 2.24) is 0 Å². The zero-order valence-corrected chi connectivity index (χ0v) is 11.4. The van der Waals surface area contributed by atoms with E-state index >= 15 is 0 Å². The summed E-state index contributed by atoms with van der Waals surface area (Å²) < 4.78 is 13.1. The molecule has 1 atom stereocenters. The number of anilines is 1. The molecule has 1 N–H and O–H groups in total. The number of nitrogens with one attached hydrogen (secondary N) is 1. The van der Waals surface area contributed by atoms with Crippen LogP contribution in [-0.2, 0) is 4.79 Å². The minimum Gasteiger partial charge on any atom is -0.326 e. The van der Waals surface area contributed by atoms with Gasteiger partial charge in [-0.1, -0.05) is 32.8 Å². The Morgan fingerprint density at radius 2 is 2.11 bits per heavy atom. The molecule has 0 heterocycles. The molecule has 0 bridgehead atoms. The lowest BCUT2D eigenvalue weighted by molar-refractivity contribution is -0.120. The molecule has 0 saturated heterocycles. The van der Waals surface area contributed by atoms with Gasteiger partial charge in [0.25, 0.3) is 0 Å². The minimum atomic E-state index is -0.322. The van der Waals surface area contributed by atoms with Crippen molar-refractivity contribution in [3.8, 4) is 0 Å². The van der Waals surface area contributed by atoms with Crippen LogP contribution < -0.4 is 5.32 Å². The third-order valence-electron chi connectivity index (χ3n) is 3.23. The number of benzene rings is 1. The molecular formula is C15H22FNO. The average molecular weight is 251 g/mol. The smallest absolute Gasteiger partial charge is 0.227 e. The summed E-state index contributed by atoms with van der Waals surface area (Å²) in [5, 5.41) is 2.83. The van der Waals surface area contributed by atoms with Crippen molar-refractivity contribution in [3.05, 3.63) is 29.6 Å². The van der Waals surface area contributed by atoms with E-state index in [-0.39, 0.29) is 17.6 Å². The Kier molecular flexibility index (Phi) is 5.83. The zero-order valence-electron chi connectivity index (χ0n) is 11.4. The standard InChI is InChI=1S/C15H22FNO/c1-4-6-7-12(5-2)15(18)17-14-10-13(16)9-8-11(14)3/h8-10,12H,4-7H2,1-3H3,(H,17,18). The van der Waals surface area contributed by atoms with Crippen molar-refractivity contribution in [2.45, 2.75) is 46.5 Å². The van der Waals surface area contributed by atoms with E-state index in [0.717, 1.165) is 31.2 Å². The number of carbonyl (C=O) groups is 1. The molecule has 1 rings (SSSR count). The van der Waals surface area contributed by atoms with E-state index in [9.17, 15) is 9.18 Å². The molecule has 0 aliphatic rings. The molecule has 1 aromatic rings. The summed E-state index contributed by atoms with van der Waals surface area (Å²) in [4.78, 5) is 12.1. The van der Waals surface area contributed by atoms with Gasteiger partial charge in [0.1, 0.15) is 5.82 Å². The van der Waals surface area contributed by atoms with E-state index in [1.54, 1.807) is 6.07 Å². The van der Waals surface area contributed by atoms with Crippen molar-refractivity contribution in [2.75, 3.05) is 5.32 Å². The van der Waals surface area contributed by atoms with Gasteiger partial charge in [-0.05, 0) is 37.5 Å². The number of aryl methyl sites for hydroxylation is 1. The zero-order chi connectivity index (χ0) is 13.5. The van der Waals surface area contributed by atoms with Crippen molar-refractivity contribution in [1.29, 1.82) is 0 Å². The normalized spacial score (nSPS) is 12.2. The first-order valence-corrected chi connectivity index (χ1v) is 6.65. The van der Waals surface area contributed by atoms with Crippen molar-refractivity contribution < 1.29 is 9.18 Å². The lowest BCUT2D eigenvalue weighted by Crippen LogP contribution is -2.22. The number of unbranched alkanes of at least 4 members (excludes halogenated alkanes) is 1. The molecule has 0 fully saturated rings. The second-order valence-electron chi connectivity index (χ2n) is 4.70. The molecule has 0 spiro atoms. The third-order valence-corrected chi connectivity index (χ3v) is 3.23. The molecule has 3 heteroatoms. The van der Waals surface area contributed by atoms with E-state index < -0.39 is 0 Å². The third kappa shape index (κ3) is 4.13. The Bertz CT molecular complexity index is 403. The van der Waals surface area contributed by atoms with Gasteiger partial charge in [0.05, 0.1) is 0 Å². The van der Waals surface area contributed by atoms with Gasteiger partial charge in [0.2, 0.25) is 5.91 Å². The highest BCUT2D eigenvalue weighted by Gasteiger charge is 2.16. The second-order valence-corrected chi connectivity index (χ2v) is 4.70. The first-order valence-electron chi connectivity index (χ1n) is 6.65. The lowest BCUT2D eigenvalue weighted by atomic mass is 9.98. The van der Waals surface area contributed by atoms with Crippen molar-refractivity contribution >= 4 is 11.6 Å². The van der Waals surface area contributed by atoms with Gasteiger partial charge in [0, 0.05) is 11.6 Å². The van der Waals surface area contributed by atoms with Crippen LogP contribution in [0.4, 0.5) is 10.1 Å². The maximum absolute atomic E-state index is 13.1. The number of halogens is 1. The number of rotatable bonds is 6. The molecule has 0 aliphatic heterocycles. The topological polar surface area (TPSA) is 29.1 Å². The molecule has 2 nitrogen and oxygen atoms in total. The maximum Gasteiger partial charge on any atom is 0.227 e. The van der Waals surface area contributed by atoms with Crippen molar-refractivity contribution in [3.63, 3.8) is 0 Å². The first-order chi connectivity index (χ1) is 8.58. The first kappa shape index (κ1) is 14.7. The van der Waals surface area contributed by atoms with Crippen LogP contribution in [0.1, 0.15) is 45.1 Å². The van der Waals surface area contributed by atoms with Gasteiger partial charge < -0.3 is 5.32 Å². The summed E-state index contributed by atoms with van der Waals surface area (Å²) in [6.45, 7) is 5.99. The van der Waals surface area contributed by atoms with Crippen LogP contribution in [0.5, 0.6) is 0 Å². The molecule has 100 valence electrons. The second kappa shape index (κ2) is 7.14. The van der Waals surface area contributed by atoms with Crippen LogP contribution >= 0.6 is 0 Å². The predicted octanol–water partition coefficient (Wildman–Crippen LogP) is 4.29. The average Bonchev–Trinajstić information content (AvgIpc) is 2.35. The van der Waals surface area contributed by atoms with Gasteiger partial charge >= 0.3 is 0 Å². The fourth-order valence-corrected chi connectivity index (χ4v) is 1.93. The molecule has 0 aromatic heterocycles. The van der Waals surface area contributed by atoms with Gasteiger partial charge in [-0.15, -0.1) is 0 Å². The summed E-state index contributed by atoms with van der Waals surface area (Å²) in [7, 11) is 0. The Morgan fingerprint density at radius 1 is 1.39 bits per heavy atom. The summed E-state index contributed by atoms with van der Waals surface area (Å²) in [5.41, 5.74) is 1.46. The highest BCUT2D eigenvalue weighted by atomic mass is 19.1. The van der Waals surface area contributed by atoms with E-state index in [1.807, 2.05) is 13.8 Å². The Balaban J connectivity index is 2.70. The lowest BCUT2D eigenvalue weighted by Gasteiger charge is -2.15. The quantitative estimate of drug-likeness (QED) is 0.803. The Labute approximate surface area is 109 Å². The van der Waals surface area contributed by atoms with E-state index in [0.29, 0.717) is 5.69 Å².